The summed E-state index contributed by atoms with van der Waals surface area (Å²) in [6, 6.07) is 16.5. The molecule has 0 amide bonds. The first-order valence-corrected chi connectivity index (χ1v) is 10.3. The largest absolute Gasteiger partial charge is 0.497 e. The van der Waals surface area contributed by atoms with Crippen molar-refractivity contribution >= 4 is 23.4 Å². The summed E-state index contributed by atoms with van der Waals surface area (Å²) in [4.78, 5) is 17.6. The van der Waals surface area contributed by atoms with E-state index in [1.54, 1.807) is 18.9 Å². The van der Waals surface area contributed by atoms with Crippen LogP contribution in [0.4, 0.5) is 5.69 Å². The summed E-state index contributed by atoms with van der Waals surface area (Å²) in [5.41, 5.74) is 2.32. The molecule has 0 fully saturated rings. The fourth-order valence-corrected chi connectivity index (χ4v) is 4.70. The SMILES string of the molecule is COc1ccc(C2Sc3ccccc3N(CCN(C)C)CC2OC(C)=O)cc1. The van der Waals surface area contributed by atoms with Gasteiger partial charge in [0.1, 0.15) is 11.9 Å². The average molecular weight is 401 g/mol. The van der Waals surface area contributed by atoms with Crippen molar-refractivity contribution < 1.29 is 14.3 Å². The molecule has 2 unspecified atom stereocenters. The topological polar surface area (TPSA) is 42.0 Å². The first-order chi connectivity index (χ1) is 13.5. The summed E-state index contributed by atoms with van der Waals surface area (Å²) in [5, 5.41) is 0.0142. The number of thioether (sulfide) groups is 1. The van der Waals surface area contributed by atoms with Crippen molar-refractivity contribution in [2.45, 2.75) is 23.2 Å². The van der Waals surface area contributed by atoms with Crippen LogP contribution in [-0.2, 0) is 9.53 Å². The minimum atomic E-state index is -0.248. The van der Waals surface area contributed by atoms with Crippen molar-refractivity contribution in [1.29, 1.82) is 0 Å². The lowest BCUT2D eigenvalue weighted by Crippen LogP contribution is -2.39. The molecule has 0 saturated heterocycles. The van der Waals surface area contributed by atoms with E-state index in [0.29, 0.717) is 6.54 Å². The monoisotopic (exact) mass is 400 g/mol. The number of methoxy groups -OCH3 is 1. The molecule has 0 N–H and O–H groups in total. The number of fused-ring (bicyclic) bond motifs is 1. The number of para-hydroxylation sites is 1. The molecular weight excluding hydrogens is 372 g/mol. The van der Waals surface area contributed by atoms with Crippen LogP contribution in [0.3, 0.4) is 0 Å². The van der Waals surface area contributed by atoms with Crippen LogP contribution in [-0.4, -0.2) is 57.8 Å². The third-order valence-corrected chi connectivity index (χ3v) is 6.21. The van der Waals surface area contributed by atoms with Crippen LogP contribution in [0.2, 0.25) is 0 Å². The number of rotatable bonds is 6. The zero-order chi connectivity index (χ0) is 20.1. The van der Waals surface area contributed by atoms with Crippen LogP contribution >= 0.6 is 11.8 Å². The number of hydrogen-bond acceptors (Lipinski definition) is 6. The molecular formula is C22H28N2O3S. The molecule has 150 valence electrons. The lowest BCUT2D eigenvalue weighted by Gasteiger charge is -2.30. The molecule has 2 atom stereocenters. The van der Waals surface area contributed by atoms with E-state index >= 15 is 0 Å². The molecule has 0 spiro atoms. The minimum Gasteiger partial charge on any atom is -0.497 e. The van der Waals surface area contributed by atoms with E-state index in [-0.39, 0.29) is 17.3 Å². The van der Waals surface area contributed by atoms with Crippen LogP contribution in [0.5, 0.6) is 5.75 Å². The third kappa shape index (κ3) is 5.00. The van der Waals surface area contributed by atoms with Gasteiger partial charge in [-0.2, -0.15) is 0 Å². The predicted molar refractivity (Wildman–Crippen MR) is 114 cm³/mol. The normalized spacial score (nSPS) is 19.1. The first-order valence-electron chi connectivity index (χ1n) is 9.44. The molecule has 0 aliphatic carbocycles. The van der Waals surface area contributed by atoms with Crippen molar-refractivity contribution in [1.82, 2.24) is 4.90 Å². The van der Waals surface area contributed by atoms with Gasteiger partial charge in [-0.25, -0.2) is 0 Å². The second kappa shape index (κ2) is 9.34. The van der Waals surface area contributed by atoms with Gasteiger partial charge >= 0.3 is 5.97 Å². The van der Waals surface area contributed by atoms with Gasteiger partial charge < -0.3 is 19.3 Å². The number of esters is 1. The Kier molecular flexibility index (Phi) is 6.86. The Morgan fingerprint density at radius 3 is 2.54 bits per heavy atom. The second-order valence-corrected chi connectivity index (χ2v) is 8.36. The fourth-order valence-electron chi connectivity index (χ4n) is 3.36. The Balaban J connectivity index is 1.97. The standard InChI is InChI=1S/C22H28N2O3S/c1-16(25)27-20-15-24(14-13-23(2)3)19-7-5-6-8-21(19)28-22(20)17-9-11-18(26-4)12-10-17/h5-12,20,22H,13-15H2,1-4H3. The van der Waals surface area contributed by atoms with Crippen LogP contribution in [0.25, 0.3) is 0 Å². The van der Waals surface area contributed by atoms with Gasteiger partial charge in [0.2, 0.25) is 0 Å². The highest BCUT2D eigenvalue weighted by Gasteiger charge is 2.33. The van der Waals surface area contributed by atoms with Crippen molar-refractivity contribution in [3.63, 3.8) is 0 Å². The zero-order valence-corrected chi connectivity index (χ0v) is 17.7. The van der Waals surface area contributed by atoms with Crippen LogP contribution in [0.1, 0.15) is 17.7 Å². The second-order valence-electron chi connectivity index (χ2n) is 7.18. The van der Waals surface area contributed by atoms with E-state index in [0.717, 1.165) is 24.4 Å². The van der Waals surface area contributed by atoms with Gasteiger partial charge in [0, 0.05) is 24.9 Å². The molecule has 2 aromatic carbocycles. The summed E-state index contributed by atoms with van der Waals surface area (Å²) in [6.07, 6.45) is -0.245. The molecule has 0 aromatic heterocycles. The molecule has 2 aromatic rings. The minimum absolute atomic E-state index is 0.0142. The molecule has 0 radical (unpaired) electrons. The third-order valence-electron chi connectivity index (χ3n) is 4.78. The highest BCUT2D eigenvalue weighted by Crippen LogP contribution is 2.46. The molecule has 6 heteroatoms. The Labute approximate surface area is 171 Å². The van der Waals surface area contributed by atoms with Gasteiger partial charge in [0.05, 0.1) is 24.6 Å². The fraction of sp³-hybridized carbons (Fsp3) is 0.409. The highest BCUT2D eigenvalue weighted by molar-refractivity contribution is 7.99. The quantitative estimate of drug-likeness (QED) is 0.687. The molecule has 3 rings (SSSR count). The average Bonchev–Trinajstić information content (AvgIpc) is 2.83. The first kappa shape index (κ1) is 20.6. The lowest BCUT2D eigenvalue weighted by molar-refractivity contribution is -0.145. The van der Waals surface area contributed by atoms with Gasteiger partial charge in [0.25, 0.3) is 0 Å². The number of nitrogens with zero attached hydrogens (tertiary/aromatic N) is 2. The highest BCUT2D eigenvalue weighted by atomic mass is 32.2. The lowest BCUT2D eigenvalue weighted by atomic mass is 10.1. The molecule has 0 saturated carbocycles. The number of benzene rings is 2. The van der Waals surface area contributed by atoms with Gasteiger partial charge in [-0.15, -0.1) is 11.8 Å². The van der Waals surface area contributed by atoms with E-state index in [4.69, 9.17) is 9.47 Å². The molecule has 0 bridgehead atoms. The Bertz CT molecular complexity index is 795. The smallest absolute Gasteiger partial charge is 0.303 e. The summed E-state index contributed by atoms with van der Waals surface area (Å²) < 4.78 is 11.1. The predicted octanol–water partition coefficient (Wildman–Crippen LogP) is 3.84. The van der Waals surface area contributed by atoms with E-state index < -0.39 is 0 Å². The zero-order valence-electron chi connectivity index (χ0n) is 16.9. The number of carbonyl (C=O) groups is 1. The van der Waals surface area contributed by atoms with Crippen molar-refractivity contribution in [2.75, 3.05) is 45.7 Å². The van der Waals surface area contributed by atoms with Crippen molar-refractivity contribution in [3.8, 4) is 5.75 Å². The molecule has 1 aliphatic heterocycles. The summed E-state index contributed by atoms with van der Waals surface area (Å²) in [5.74, 6) is 0.571. The van der Waals surface area contributed by atoms with Crippen LogP contribution < -0.4 is 9.64 Å². The van der Waals surface area contributed by atoms with E-state index in [9.17, 15) is 4.79 Å². The maximum absolute atomic E-state index is 11.9. The summed E-state index contributed by atoms with van der Waals surface area (Å²) in [6.45, 7) is 3.95. The molecule has 1 aliphatic rings. The van der Waals surface area contributed by atoms with Crippen molar-refractivity contribution in [3.05, 3.63) is 54.1 Å². The molecule has 5 nitrogen and oxygen atoms in total. The summed E-state index contributed by atoms with van der Waals surface area (Å²) in [7, 11) is 5.81. The van der Waals surface area contributed by atoms with Crippen molar-refractivity contribution in [2.24, 2.45) is 0 Å². The number of likely N-dealkylation sites (N-methyl/N-ethyl adjacent to an activating group) is 1. The van der Waals surface area contributed by atoms with Gasteiger partial charge in [0.15, 0.2) is 0 Å². The summed E-state index contributed by atoms with van der Waals surface area (Å²) >= 11 is 1.76. The molecule has 1 heterocycles. The Morgan fingerprint density at radius 1 is 1.18 bits per heavy atom. The van der Waals surface area contributed by atoms with E-state index in [1.807, 2.05) is 12.1 Å². The Morgan fingerprint density at radius 2 is 1.89 bits per heavy atom. The Hall–Kier alpha value is -2.18. The number of ether oxygens (including phenoxy) is 2. The van der Waals surface area contributed by atoms with Gasteiger partial charge in [-0.3, -0.25) is 4.79 Å². The number of carbonyl (C=O) groups excluding carboxylic acids is 1. The van der Waals surface area contributed by atoms with Gasteiger partial charge in [-0.05, 0) is 43.9 Å². The van der Waals surface area contributed by atoms with E-state index in [1.165, 1.54) is 17.5 Å². The number of hydrogen-bond donors (Lipinski definition) is 0. The number of anilines is 1. The van der Waals surface area contributed by atoms with Gasteiger partial charge in [-0.1, -0.05) is 24.3 Å². The van der Waals surface area contributed by atoms with Crippen LogP contribution in [0, 0.1) is 0 Å². The van der Waals surface area contributed by atoms with Crippen LogP contribution in [0.15, 0.2) is 53.4 Å². The molecule has 28 heavy (non-hydrogen) atoms. The maximum Gasteiger partial charge on any atom is 0.303 e. The van der Waals surface area contributed by atoms with E-state index in [2.05, 4.69) is 60.3 Å². The maximum atomic E-state index is 11.9.